The molecule has 2 aromatic carbocycles. The first kappa shape index (κ1) is 15.4. The number of benzene rings is 2. The average Bonchev–Trinajstić information content (AvgIpc) is 2.46. The molecule has 0 radical (unpaired) electrons. The molecule has 22 heavy (non-hydrogen) atoms. The lowest BCUT2D eigenvalue weighted by Gasteiger charge is -2.08. The molecule has 0 saturated heterocycles. The Balaban J connectivity index is 2.10. The van der Waals surface area contributed by atoms with Crippen molar-refractivity contribution in [3.8, 4) is 0 Å². The van der Waals surface area contributed by atoms with Crippen molar-refractivity contribution in [1.82, 2.24) is 9.97 Å². The summed E-state index contributed by atoms with van der Waals surface area (Å²) in [4.78, 5) is 19.0. The van der Waals surface area contributed by atoms with Gasteiger partial charge in [0.05, 0.1) is 31.0 Å². The predicted molar refractivity (Wildman–Crippen MR) is 92.1 cm³/mol. The molecule has 2 N–H and O–H groups in total. The molecule has 0 bridgehead atoms. The van der Waals surface area contributed by atoms with Gasteiger partial charge in [0, 0.05) is 5.69 Å². The number of aromatic amines is 1. The molecule has 0 atom stereocenters. The van der Waals surface area contributed by atoms with Crippen molar-refractivity contribution >= 4 is 68.9 Å². The summed E-state index contributed by atoms with van der Waals surface area (Å²) < 4.78 is 0. The standard InChI is InChI=1S/C14H7Cl4N3O/c15-7-2-1-6(5-10(7)18)19-14-20-12-9(17)4-3-8(16)11(12)13(22)21-14/h1-5H,(H2,19,20,21,22). The first-order chi connectivity index (χ1) is 10.5. The van der Waals surface area contributed by atoms with E-state index in [9.17, 15) is 4.79 Å². The van der Waals surface area contributed by atoms with Gasteiger partial charge in [-0.1, -0.05) is 46.4 Å². The lowest BCUT2D eigenvalue weighted by atomic mass is 10.2. The van der Waals surface area contributed by atoms with Crippen LogP contribution in [0.25, 0.3) is 10.9 Å². The largest absolute Gasteiger partial charge is 0.326 e. The Hall–Kier alpha value is -1.46. The maximum Gasteiger partial charge on any atom is 0.261 e. The lowest BCUT2D eigenvalue weighted by Crippen LogP contribution is -2.12. The summed E-state index contributed by atoms with van der Waals surface area (Å²) in [6.45, 7) is 0. The second kappa shape index (κ2) is 5.97. The Bertz CT molecular complexity index is 939. The quantitative estimate of drug-likeness (QED) is 0.641. The van der Waals surface area contributed by atoms with E-state index in [0.29, 0.717) is 26.3 Å². The van der Waals surface area contributed by atoms with Gasteiger partial charge >= 0.3 is 0 Å². The molecular weight excluding hydrogens is 368 g/mol. The van der Waals surface area contributed by atoms with Crippen molar-refractivity contribution in [1.29, 1.82) is 0 Å². The second-order valence-electron chi connectivity index (χ2n) is 4.42. The van der Waals surface area contributed by atoms with Crippen molar-refractivity contribution in [2.75, 3.05) is 5.32 Å². The van der Waals surface area contributed by atoms with E-state index < -0.39 is 0 Å². The molecule has 3 aromatic rings. The molecule has 4 nitrogen and oxygen atoms in total. The molecular formula is C14H7Cl4N3O. The van der Waals surface area contributed by atoms with Gasteiger partial charge in [-0.3, -0.25) is 9.78 Å². The molecule has 3 rings (SSSR count). The van der Waals surface area contributed by atoms with Gasteiger partial charge in [-0.15, -0.1) is 0 Å². The Morgan fingerprint density at radius 1 is 0.909 bits per heavy atom. The highest BCUT2D eigenvalue weighted by atomic mass is 35.5. The summed E-state index contributed by atoms with van der Waals surface area (Å²) in [6, 6.07) is 8.09. The van der Waals surface area contributed by atoms with E-state index in [0.717, 1.165) is 0 Å². The third-order valence-corrected chi connectivity index (χ3v) is 4.30. The van der Waals surface area contributed by atoms with Crippen LogP contribution in [0.15, 0.2) is 35.1 Å². The minimum atomic E-state index is -0.389. The molecule has 0 aliphatic carbocycles. The van der Waals surface area contributed by atoms with E-state index in [-0.39, 0.29) is 21.9 Å². The molecule has 0 saturated carbocycles. The highest BCUT2D eigenvalue weighted by molar-refractivity contribution is 6.42. The highest BCUT2D eigenvalue weighted by Crippen LogP contribution is 2.28. The van der Waals surface area contributed by atoms with Crippen LogP contribution in [0.4, 0.5) is 11.6 Å². The van der Waals surface area contributed by atoms with Crippen LogP contribution in [-0.2, 0) is 0 Å². The Morgan fingerprint density at radius 2 is 1.59 bits per heavy atom. The van der Waals surface area contributed by atoms with Gasteiger partial charge in [0.2, 0.25) is 5.95 Å². The van der Waals surface area contributed by atoms with E-state index >= 15 is 0 Å². The number of nitrogens with one attached hydrogen (secondary N) is 2. The summed E-state index contributed by atoms with van der Waals surface area (Å²) in [5, 5.41) is 4.62. The van der Waals surface area contributed by atoms with Crippen LogP contribution in [0, 0.1) is 0 Å². The Morgan fingerprint density at radius 3 is 2.32 bits per heavy atom. The minimum absolute atomic E-state index is 0.222. The van der Waals surface area contributed by atoms with Crippen molar-refractivity contribution in [3.63, 3.8) is 0 Å². The van der Waals surface area contributed by atoms with Crippen LogP contribution < -0.4 is 10.9 Å². The second-order valence-corrected chi connectivity index (χ2v) is 6.05. The molecule has 112 valence electrons. The summed E-state index contributed by atoms with van der Waals surface area (Å²) in [5.74, 6) is 0.222. The molecule has 1 aromatic heterocycles. The number of halogens is 4. The molecule has 0 aliphatic heterocycles. The van der Waals surface area contributed by atoms with E-state index in [4.69, 9.17) is 46.4 Å². The number of fused-ring (bicyclic) bond motifs is 1. The van der Waals surface area contributed by atoms with Crippen molar-refractivity contribution in [2.24, 2.45) is 0 Å². The zero-order valence-electron chi connectivity index (χ0n) is 10.8. The Labute approximate surface area is 145 Å². The summed E-state index contributed by atoms with van der Waals surface area (Å²) in [7, 11) is 0. The minimum Gasteiger partial charge on any atom is -0.326 e. The number of H-pyrrole nitrogens is 1. The summed E-state index contributed by atoms with van der Waals surface area (Å²) >= 11 is 23.9. The van der Waals surface area contributed by atoms with E-state index in [1.54, 1.807) is 30.3 Å². The third kappa shape index (κ3) is 2.88. The van der Waals surface area contributed by atoms with Crippen molar-refractivity contribution in [2.45, 2.75) is 0 Å². The van der Waals surface area contributed by atoms with Gasteiger partial charge in [-0.25, -0.2) is 4.98 Å². The van der Waals surface area contributed by atoms with E-state index in [1.165, 1.54) is 0 Å². The van der Waals surface area contributed by atoms with Gasteiger partial charge in [0.25, 0.3) is 5.56 Å². The predicted octanol–water partition coefficient (Wildman–Crippen LogP) is 5.28. The first-order valence-electron chi connectivity index (χ1n) is 6.06. The van der Waals surface area contributed by atoms with Crippen LogP contribution in [0.2, 0.25) is 20.1 Å². The number of rotatable bonds is 2. The topological polar surface area (TPSA) is 57.8 Å². The van der Waals surface area contributed by atoms with Crippen LogP contribution >= 0.6 is 46.4 Å². The van der Waals surface area contributed by atoms with Gasteiger partial charge in [-0.05, 0) is 30.3 Å². The Kier molecular flexibility index (Phi) is 4.19. The monoisotopic (exact) mass is 373 g/mol. The van der Waals surface area contributed by atoms with Crippen LogP contribution in [-0.4, -0.2) is 9.97 Å². The van der Waals surface area contributed by atoms with Crippen LogP contribution in [0.1, 0.15) is 0 Å². The molecule has 0 spiro atoms. The molecule has 0 fully saturated rings. The smallest absolute Gasteiger partial charge is 0.261 e. The van der Waals surface area contributed by atoms with Crippen molar-refractivity contribution in [3.05, 3.63) is 60.8 Å². The van der Waals surface area contributed by atoms with Gasteiger partial charge in [-0.2, -0.15) is 0 Å². The highest BCUT2D eigenvalue weighted by Gasteiger charge is 2.11. The summed E-state index contributed by atoms with van der Waals surface area (Å²) in [5.41, 5.74) is 0.551. The molecule has 1 heterocycles. The van der Waals surface area contributed by atoms with Gasteiger partial charge in [0.1, 0.15) is 0 Å². The van der Waals surface area contributed by atoms with E-state index in [2.05, 4.69) is 15.3 Å². The number of nitrogens with zero attached hydrogens (tertiary/aromatic N) is 1. The van der Waals surface area contributed by atoms with Gasteiger partial charge in [0.15, 0.2) is 0 Å². The van der Waals surface area contributed by atoms with Crippen molar-refractivity contribution < 1.29 is 0 Å². The zero-order valence-corrected chi connectivity index (χ0v) is 13.8. The fourth-order valence-corrected chi connectivity index (χ4v) is 2.68. The number of anilines is 2. The molecule has 0 unspecified atom stereocenters. The molecule has 8 heteroatoms. The summed E-state index contributed by atoms with van der Waals surface area (Å²) in [6.07, 6.45) is 0. The van der Waals surface area contributed by atoms with Gasteiger partial charge < -0.3 is 5.32 Å². The zero-order chi connectivity index (χ0) is 15.9. The number of hydrogen-bond donors (Lipinski definition) is 2. The molecule has 0 aliphatic rings. The normalized spacial score (nSPS) is 10.9. The lowest BCUT2D eigenvalue weighted by molar-refractivity contribution is 1.17. The maximum atomic E-state index is 12.2. The number of aromatic nitrogens is 2. The molecule has 0 amide bonds. The number of hydrogen-bond acceptors (Lipinski definition) is 3. The average molecular weight is 375 g/mol. The SMILES string of the molecule is O=c1[nH]c(Nc2ccc(Cl)c(Cl)c2)nc2c(Cl)ccc(Cl)c12. The van der Waals surface area contributed by atoms with E-state index in [1.807, 2.05) is 0 Å². The van der Waals surface area contributed by atoms with Crippen LogP contribution in [0.5, 0.6) is 0 Å². The van der Waals surface area contributed by atoms with Crippen LogP contribution in [0.3, 0.4) is 0 Å². The fourth-order valence-electron chi connectivity index (χ4n) is 1.95. The first-order valence-corrected chi connectivity index (χ1v) is 7.57. The fraction of sp³-hybridized carbons (Fsp3) is 0. The maximum absolute atomic E-state index is 12.2. The third-order valence-electron chi connectivity index (χ3n) is 2.94.